The number of nitrogens with two attached hydrogens (primary N) is 1. The number of hydrogen-bond donors (Lipinski definition) is 2. The molecule has 2 unspecified atom stereocenters. The zero-order chi connectivity index (χ0) is 8.97. The summed E-state index contributed by atoms with van der Waals surface area (Å²) < 4.78 is 0. The molecule has 3 N–H and O–H groups in total. The van der Waals surface area contributed by atoms with E-state index in [2.05, 4.69) is 0 Å². The Morgan fingerprint density at radius 2 is 2.50 bits per heavy atom. The number of carboxylic acid groups (broad SMARTS) is 1. The van der Waals surface area contributed by atoms with Crippen molar-refractivity contribution in [1.82, 2.24) is 0 Å². The van der Waals surface area contributed by atoms with Crippen molar-refractivity contribution < 1.29 is 9.90 Å². The van der Waals surface area contributed by atoms with Crippen molar-refractivity contribution >= 4 is 17.7 Å². The Balaban J connectivity index is 2.24. The molecule has 1 aliphatic heterocycles. The standard InChI is InChI=1S/C8H15NO2S/c9-7(8(10)11)4-6-2-1-3-12-5-6/h6-7H,1-5,9H2,(H,10,11). The van der Waals surface area contributed by atoms with Crippen molar-refractivity contribution in [3.63, 3.8) is 0 Å². The maximum absolute atomic E-state index is 10.4. The summed E-state index contributed by atoms with van der Waals surface area (Å²) in [4.78, 5) is 10.4. The molecular weight excluding hydrogens is 174 g/mol. The molecule has 0 spiro atoms. The Hall–Kier alpha value is -0.220. The van der Waals surface area contributed by atoms with Gasteiger partial charge in [-0.15, -0.1) is 0 Å². The van der Waals surface area contributed by atoms with Gasteiger partial charge in [-0.3, -0.25) is 4.79 Å². The van der Waals surface area contributed by atoms with Crippen molar-refractivity contribution in [3.8, 4) is 0 Å². The first-order valence-corrected chi connectivity index (χ1v) is 5.41. The van der Waals surface area contributed by atoms with Crippen molar-refractivity contribution in [2.75, 3.05) is 11.5 Å². The zero-order valence-electron chi connectivity index (χ0n) is 7.03. The Bertz CT molecular complexity index is 157. The van der Waals surface area contributed by atoms with Gasteiger partial charge in [0.1, 0.15) is 6.04 Å². The smallest absolute Gasteiger partial charge is 0.320 e. The lowest BCUT2D eigenvalue weighted by Gasteiger charge is -2.22. The van der Waals surface area contributed by atoms with Gasteiger partial charge in [-0.2, -0.15) is 11.8 Å². The minimum absolute atomic E-state index is 0.523. The van der Waals surface area contributed by atoms with Gasteiger partial charge in [-0.1, -0.05) is 0 Å². The number of rotatable bonds is 3. The van der Waals surface area contributed by atoms with E-state index in [1.54, 1.807) is 0 Å². The zero-order valence-corrected chi connectivity index (χ0v) is 7.85. The number of thioether (sulfide) groups is 1. The molecular formula is C8H15NO2S. The van der Waals surface area contributed by atoms with Crippen LogP contribution in [0.2, 0.25) is 0 Å². The summed E-state index contributed by atoms with van der Waals surface area (Å²) in [7, 11) is 0. The summed E-state index contributed by atoms with van der Waals surface area (Å²) >= 11 is 1.91. The van der Waals surface area contributed by atoms with E-state index < -0.39 is 12.0 Å². The van der Waals surface area contributed by atoms with Crippen LogP contribution in [-0.2, 0) is 4.79 Å². The van der Waals surface area contributed by atoms with Gasteiger partial charge in [-0.05, 0) is 36.7 Å². The summed E-state index contributed by atoms with van der Waals surface area (Å²) in [6.45, 7) is 0. The largest absolute Gasteiger partial charge is 0.480 e. The summed E-state index contributed by atoms with van der Waals surface area (Å²) in [6, 6.07) is -0.659. The number of carbonyl (C=O) groups is 1. The molecule has 1 heterocycles. The summed E-state index contributed by atoms with van der Waals surface area (Å²) in [5.41, 5.74) is 5.44. The normalized spacial score (nSPS) is 26.6. The van der Waals surface area contributed by atoms with Crippen LogP contribution >= 0.6 is 11.8 Å². The van der Waals surface area contributed by atoms with Crippen LogP contribution in [0.3, 0.4) is 0 Å². The average molecular weight is 189 g/mol. The predicted octanol–water partition coefficient (Wildman–Crippen LogP) is 0.932. The number of aliphatic carboxylic acids is 1. The Morgan fingerprint density at radius 3 is 3.00 bits per heavy atom. The predicted molar refractivity (Wildman–Crippen MR) is 50.3 cm³/mol. The highest BCUT2D eigenvalue weighted by Crippen LogP contribution is 2.25. The average Bonchev–Trinajstić information content (AvgIpc) is 2.06. The fourth-order valence-corrected chi connectivity index (χ4v) is 2.63. The van der Waals surface area contributed by atoms with E-state index in [4.69, 9.17) is 10.8 Å². The molecule has 0 aromatic carbocycles. The maximum atomic E-state index is 10.4. The van der Waals surface area contributed by atoms with Crippen LogP contribution in [0.5, 0.6) is 0 Å². The van der Waals surface area contributed by atoms with Crippen LogP contribution in [0.25, 0.3) is 0 Å². The van der Waals surface area contributed by atoms with E-state index in [-0.39, 0.29) is 0 Å². The van der Waals surface area contributed by atoms with Crippen LogP contribution in [0.1, 0.15) is 19.3 Å². The van der Waals surface area contributed by atoms with Crippen LogP contribution in [0, 0.1) is 5.92 Å². The summed E-state index contributed by atoms with van der Waals surface area (Å²) in [5.74, 6) is 1.96. The molecule has 4 heteroatoms. The van der Waals surface area contributed by atoms with Crippen LogP contribution < -0.4 is 5.73 Å². The molecule has 70 valence electrons. The molecule has 3 nitrogen and oxygen atoms in total. The molecule has 0 saturated carbocycles. The van der Waals surface area contributed by atoms with Gasteiger partial charge in [0.2, 0.25) is 0 Å². The summed E-state index contributed by atoms with van der Waals surface area (Å²) in [5, 5.41) is 8.58. The molecule has 0 aromatic heterocycles. The third-order valence-electron chi connectivity index (χ3n) is 2.16. The van der Waals surface area contributed by atoms with E-state index in [9.17, 15) is 4.79 Å². The second-order valence-corrected chi connectivity index (χ2v) is 4.41. The number of carboxylic acids is 1. The van der Waals surface area contributed by atoms with Crippen molar-refractivity contribution in [3.05, 3.63) is 0 Å². The molecule has 1 aliphatic rings. The monoisotopic (exact) mass is 189 g/mol. The SMILES string of the molecule is NC(CC1CCCSC1)C(=O)O. The van der Waals surface area contributed by atoms with Gasteiger partial charge in [0, 0.05) is 0 Å². The topological polar surface area (TPSA) is 63.3 Å². The van der Waals surface area contributed by atoms with Crippen LogP contribution in [0.4, 0.5) is 0 Å². The Kier molecular flexibility index (Phi) is 3.88. The molecule has 0 aromatic rings. The highest BCUT2D eigenvalue weighted by atomic mass is 32.2. The van der Waals surface area contributed by atoms with Gasteiger partial charge >= 0.3 is 5.97 Å². The molecule has 12 heavy (non-hydrogen) atoms. The molecule has 2 atom stereocenters. The maximum Gasteiger partial charge on any atom is 0.320 e. The highest BCUT2D eigenvalue weighted by Gasteiger charge is 2.20. The summed E-state index contributed by atoms with van der Waals surface area (Å²) in [6.07, 6.45) is 3.00. The van der Waals surface area contributed by atoms with Crippen molar-refractivity contribution in [2.45, 2.75) is 25.3 Å². The molecule has 0 radical (unpaired) electrons. The van der Waals surface area contributed by atoms with Gasteiger partial charge in [0.15, 0.2) is 0 Å². The molecule has 1 rings (SSSR count). The quantitative estimate of drug-likeness (QED) is 0.693. The molecule has 0 aliphatic carbocycles. The van der Waals surface area contributed by atoms with E-state index in [1.807, 2.05) is 11.8 Å². The van der Waals surface area contributed by atoms with E-state index in [0.29, 0.717) is 12.3 Å². The first kappa shape index (κ1) is 9.86. The van der Waals surface area contributed by atoms with Crippen LogP contribution in [0.15, 0.2) is 0 Å². The van der Waals surface area contributed by atoms with Gasteiger partial charge in [-0.25, -0.2) is 0 Å². The van der Waals surface area contributed by atoms with Gasteiger partial charge < -0.3 is 10.8 Å². The second-order valence-electron chi connectivity index (χ2n) is 3.26. The third kappa shape index (κ3) is 3.03. The molecule has 1 fully saturated rings. The van der Waals surface area contributed by atoms with Crippen LogP contribution in [-0.4, -0.2) is 28.6 Å². The lowest BCUT2D eigenvalue weighted by Crippen LogP contribution is -2.33. The van der Waals surface area contributed by atoms with E-state index in [0.717, 1.165) is 12.2 Å². The Morgan fingerprint density at radius 1 is 1.75 bits per heavy atom. The fourth-order valence-electron chi connectivity index (χ4n) is 1.45. The van der Waals surface area contributed by atoms with Gasteiger partial charge in [0.25, 0.3) is 0 Å². The first-order valence-electron chi connectivity index (χ1n) is 4.26. The molecule has 0 amide bonds. The Labute approximate surface area is 76.7 Å². The third-order valence-corrected chi connectivity index (χ3v) is 3.44. The second kappa shape index (κ2) is 4.72. The highest BCUT2D eigenvalue weighted by molar-refractivity contribution is 7.99. The van der Waals surface area contributed by atoms with Crippen molar-refractivity contribution in [2.24, 2.45) is 11.7 Å². The van der Waals surface area contributed by atoms with Crippen molar-refractivity contribution in [1.29, 1.82) is 0 Å². The van der Waals surface area contributed by atoms with E-state index in [1.165, 1.54) is 12.2 Å². The minimum Gasteiger partial charge on any atom is -0.480 e. The fraction of sp³-hybridized carbons (Fsp3) is 0.875. The minimum atomic E-state index is -0.870. The lowest BCUT2D eigenvalue weighted by atomic mass is 9.97. The number of hydrogen-bond acceptors (Lipinski definition) is 3. The molecule has 1 saturated heterocycles. The first-order chi connectivity index (χ1) is 5.70. The van der Waals surface area contributed by atoms with Gasteiger partial charge in [0.05, 0.1) is 0 Å². The lowest BCUT2D eigenvalue weighted by molar-refractivity contribution is -0.138. The van der Waals surface area contributed by atoms with E-state index >= 15 is 0 Å². The molecule has 0 bridgehead atoms.